The topological polar surface area (TPSA) is 103 Å². The van der Waals surface area contributed by atoms with E-state index in [1.165, 1.54) is 0 Å². The molecule has 8 nitrogen and oxygen atoms in total. The fourth-order valence-corrected chi connectivity index (χ4v) is 6.00. The number of aliphatic hydroxyl groups excluding tert-OH is 2. The largest absolute Gasteiger partial charge is 0.395 e. The molecule has 42 heavy (non-hydrogen) atoms. The summed E-state index contributed by atoms with van der Waals surface area (Å²) in [7, 11) is 0. The second kappa shape index (κ2) is 14.3. The molecule has 4 N–H and O–H groups in total. The molecule has 3 aromatic carbocycles. The minimum absolute atomic E-state index is 0.00713. The lowest BCUT2D eigenvalue weighted by Gasteiger charge is -2.43. The molecule has 224 valence electrons. The maximum absolute atomic E-state index is 11.8. The van der Waals surface area contributed by atoms with Gasteiger partial charge in [-0.3, -0.25) is 4.90 Å². The fourth-order valence-electron chi connectivity index (χ4n) is 6.00. The predicted molar refractivity (Wildman–Crippen MR) is 162 cm³/mol. The SMILES string of the molecule is CCNC(=O)NCc1cccc(-c2ccc([C@H]3O[C@@H](CN4CCC[C@H]4CO)[C@@H](C)[C@@H](c4ccc(CO)cc4)O3)cc2)c1. The minimum atomic E-state index is -0.537. The van der Waals surface area contributed by atoms with Gasteiger partial charge in [0.2, 0.25) is 0 Å². The molecule has 2 aliphatic heterocycles. The maximum Gasteiger partial charge on any atom is 0.315 e. The lowest BCUT2D eigenvalue weighted by molar-refractivity contribution is -0.276. The summed E-state index contributed by atoms with van der Waals surface area (Å²) < 4.78 is 13.3. The number of rotatable bonds is 10. The molecule has 8 heteroatoms. The van der Waals surface area contributed by atoms with Crippen LogP contribution >= 0.6 is 0 Å². The van der Waals surface area contributed by atoms with Crippen molar-refractivity contribution in [3.63, 3.8) is 0 Å². The molecular weight excluding hydrogens is 530 g/mol. The van der Waals surface area contributed by atoms with Gasteiger partial charge in [0, 0.05) is 37.2 Å². The second-order valence-corrected chi connectivity index (χ2v) is 11.3. The molecule has 5 atom stereocenters. The summed E-state index contributed by atoms with van der Waals surface area (Å²) in [5.74, 6) is 0.0937. The first kappa shape index (κ1) is 30.2. The first-order valence-electron chi connectivity index (χ1n) is 15.1. The van der Waals surface area contributed by atoms with E-state index in [2.05, 4.69) is 58.9 Å². The van der Waals surface area contributed by atoms with Crippen LogP contribution in [0.3, 0.4) is 0 Å². The molecule has 5 rings (SSSR count). The van der Waals surface area contributed by atoms with Crippen molar-refractivity contribution in [2.24, 2.45) is 5.92 Å². The van der Waals surface area contributed by atoms with Crippen molar-refractivity contribution < 1.29 is 24.5 Å². The van der Waals surface area contributed by atoms with Crippen molar-refractivity contribution in [1.29, 1.82) is 0 Å². The number of likely N-dealkylation sites (tertiary alicyclic amines) is 1. The fraction of sp³-hybridized carbons (Fsp3) is 0.441. The standard InChI is InChI=1S/C34H43N3O5/c1-3-35-34(40)36-19-25-6-4-7-29(18-25)26-13-15-28(16-14-26)33-41-31(20-37-17-5-8-30(37)22-39)23(2)32(42-33)27-11-9-24(21-38)10-12-27/h4,6-7,9-16,18,23,30-33,38-39H,3,5,8,17,19-22H2,1-2H3,(H2,35,36,40)/t23-,30+,31+,32+,33+/m1/s1. The van der Waals surface area contributed by atoms with Crippen LogP contribution in [-0.4, -0.2) is 59.5 Å². The van der Waals surface area contributed by atoms with E-state index in [0.717, 1.165) is 59.3 Å². The molecule has 2 amide bonds. The molecule has 2 heterocycles. The van der Waals surface area contributed by atoms with E-state index in [-0.39, 0.29) is 43.4 Å². The third-order valence-electron chi connectivity index (χ3n) is 8.48. The molecule has 0 radical (unpaired) electrons. The van der Waals surface area contributed by atoms with Crippen LogP contribution in [0.15, 0.2) is 72.8 Å². The number of nitrogens with zero attached hydrogens (tertiary/aromatic N) is 1. The molecule has 0 aliphatic carbocycles. The van der Waals surface area contributed by atoms with Crippen molar-refractivity contribution in [2.45, 2.75) is 64.4 Å². The monoisotopic (exact) mass is 573 g/mol. The highest BCUT2D eigenvalue weighted by atomic mass is 16.7. The van der Waals surface area contributed by atoms with Crippen molar-refractivity contribution in [1.82, 2.24) is 15.5 Å². The first-order chi connectivity index (χ1) is 20.5. The Morgan fingerprint density at radius 1 is 0.929 bits per heavy atom. The van der Waals surface area contributed by atoms with Crippen LogP contribution < -0.4 is 10.6 Å². The Kier molecular flexibility index (Phi) is 10.3. The van der Waals surface area contributed by atoms with E-state index in [4.69, 9.17) is 9.47 Å². The minimum Gasteiger partial charge on any atom is -0.395 e. The normalized spacial score (nSPS) is 24.4. The molecule has 0 saturated carbocycles. The molecule has 0 spiro atoms. The summed E-state index contributed by atoms with van der Waals surface area (Å²) in [5.41, 5.74) is 6.04. The average molecular weight is 574 g/mol. The number of aliphatic hydroxyl groups is 2. The van der Waals surface area contributed by atoms with Crippen molar-refractivity contribution >= 4 is 6.03 Å². The number of urea groups is 1. The predicted octanol–water partition coefficient (Wildman–Crippen LogP) is 4.91. The summed E-state index contributed by atoms with van der Waals surface area (Å²) in [4.78, 5) is 14.2. The van der Waals surface area contributed by atoms with Gasteiger partial charge >= 0.3 is 6.03 Å². The number of nitrogens with one attached hydrogen (secondary N) is 2. The molecule has 3 aromatic rings. The van der Waals surface area contributed by atoms with Crippen LogP contribution in [0.25, 0.3) is 11.1 Å². The molecule has 0 unspecified atom stereocenters. The van der Waals surface area contributed by atoms with Crippen LogP contribution in [-0.2, 0) is 22.6 Å². The van der Waals surface area contributed by atoms with Gasteiger partial charge < -0.3 is 30.3 Å². The molecule has 0 bridgehead atoms. The zero-order valence-electron chi connectivity index (χ0n) is 24.5. The highest BCUT2D eigenvalue weighted by Gasteiger charge is 2.40. The Labute approximate surface area is 248 Å². The van der Waals surface area contributed by atoms with Gasteiger partial charge in [-0.15, -0.1) is 0 Å². The van der Waals surface area contributed by atoms with Gasteiger partial charge in [0.25, 0.3) is 0 Å². The zero-order chi connectivity index (χ0) is 29.5. The number of benzene rings is 3. The van der Waals surface area contributed by atoms with Crippen LogP contribution in [0.1, 0.15) is 61.3 Å². The Hall–Kier alpha value is -3.27. The van der Waals surface area contributed by atoms with Gasteiger partial charge in [-0.1, -0.05) is 73.7 Å². The highest BCUT2D eigenvalue weighted by molar-refractivity contribution is 5.73. The van der Waals surface area contributed by atoms with Gasteiger partial charge in [0.15, 0.2) is 6.29 Å². The van der Waals surface area contributed by atoms with E-state index in [1.807, 2.05) is 43.3 Å². The summed E-state index contributed by atoms with van der Waals surface area (Å²) in [6, 6.07) is 24.4. The summed E-state index contributed by atoms with van der Waals surface area (Å²) in [6.07, 6.45) is 1.31. The third kappa shape index (κ3) is 7.19. The maximum atomic E-state index is 11.8. The summed E-state index contributed by atoms with van der Waals surface area (Å²) >= 11 is 0. The van der Waals surface area contributed by atoms with Gasteiger partial charge in [-0.2, -0.15) is 0 Å². The number of carbonyl (C=O) groups excluding carboxylic acids is 1. The third-order valence-corrected chi connectivity index (χ3v) is 8.48. The Morgan fingerprint density at radius 3 is 2.40 bits per heavy atom. The lowest BCUT2D eigenvalue weighted by Crippen LogP contribution is -2.46. The van der Waals surface area contributed by atoms with E-state index >= 15 is 0 Å². The highest BCUT2D eigenvalue weighted by Crippen LogP contribution is 2.42. The number of ether oxygens (including phenoxy) is 2. The van der Waals surface area contributed by atoms with Crippen molar-refractivity contribution in [3.05, 3.63) is 95.1 Å². The van der Waals surface area contributed by atoms with Gasteiger partial charge in [-0.25, -0.2) is 4.79 Å². The number of hydrogen-bond donors (Lipinski definition) is 4. The summed E-state index contributed by atoms with van der Waals surface area (Å²) in [5, 5.41) is 25.1. The van der Waals surface area contributed by atoms with E-state index in [9.17, 15) is 15.0 Å². The first-order valence-corrected chi connectivity index (χ1v) is 15.1. The Morgan fingerprint density at radius 2 is 1.69 bits per heavy atom. The van der Waals surface area contributed by atoms with Crippen LogP contribution in [0, 0.1) is 5.92 Å². The van der Waals surface area contributed by atoms with E-state index in [1.54, 1.807) is 0 Å². The van der Waals surface area contributed by atoms with Crippen LogP contribution in [0.4, 0.5) is 4.79 Å². The Balaban J connectivity index is 1.34. The van der Waals surface area contributed by atoms with Crippen LogP contribution in [0.2, 0.25) is 0 Å². The Bertz CT molecular complexity index is 1300. The van der Waals surface area contributed by atoms with E-state index in [0.29, 0.717) is 13.1 Å². The lowest BCUT2D eigenvalue weighted by atomic mass is 9.89. The zero-order valence-corrected chi connectivity index (χ0v) is 24.5. The molecule has 0 aromatic heterocycles. The molecule has 2 fully saturated rings. The van der Waals surface area contributed by atoms with Crippen LogP contribution in [0.5, 0.6) is 0 Å². The smallest absolute Gasteiger partial charge is 0.315 e. The van der Waals surface area contributed by atoms with Gasteiger partial charge in [0.05, 0.1) is 25.4 Å². The number of carbonyl (C=O) groups is 1. The van der Waals surface area contributed by atoms with Gasteiger partial charge in [-0.05, 0) is 60.2 Å². The summed E-state index contributed by atoms with van der Waals surface area (Å²) in [6.45, 7) is 6.99. The van der Waals surface area contributed by atoms with Gasteiger partial charge in [0.1, 0.15) is 0 Å². The quantitative estimate of drug-likeness (QED) is 0.275. The second-order valence-electron chi connectivity index (χ2n) is 11.3. The molecule has 2 aliphatic rings. The molecule has 2 saturated heterocycles. The molecular formula is C34H43N3O5. The average Bonchev–Trinajstić information content (AvgIpc) is 3.48. The van der Waals surface area contributed by atoms with E-state index < -0.39 is 6.29 Å². The van der Waals surface area contributed by atoms with Crippen molar-refractivity contribution in [2.75, 3.05) is 26.2 Å². The number of amides is 2. The number of hydrogen-bond acceptors (Lipinski definition) is 6. The van der Waals surface area contributed by atoms with Crippen molar-refractivity contribution in [3.8, 4) is 11.1 Å².